The molecule has 0 bridgehead atoms. The summed E-state index contributed by atoms with van der Waals surface area (Å²) in [5.74, 6) is -0.479. The molecule has 0 aliphatic carbocycles. The van der Waals surface area contributed by atoms with Crippen molar-refractivity contribution in [2.45, 2.75) is 13.2 Å². The number of aliphatic hydroxyl groups is 1. The molecular formula is C25H18Cl2FN3O. The van der Waals surface area contributed by atoms with E-state index < -0.39 is 5.82 Å². The Morgan fingerprint density at radius 3 is 2.59 bits per heavy atom. The first kappa shape index (κ1) is 20.8. The van der Waals surface area contributed by atoms with Gasteiger partial charge in [-0.1, -0.05) is 59.6 Å². The van der Waals surface area contributed by atoms with Crippen LogP contribution in [-0.4, -0.2) is 19.6 Å². The summed E-state index contributed by atoms with van der Waals surface area (Å²) in [6.45, 7) is 0.341. The van der Waals surface area contributed by atoms with Crippen molar-refractivity contribution in [3.05, 3.63) is 100 Å². The van der Waals surface area contributed by atoms with Crippen LogP contribution in [0.5, 0.6) is 0 Å². The van der Waals surface area contributed by atoms with Crippen LogP contribution in [0.25, 0.3) is 33.4 Å². The third kappa shape index (κ3) is 3.69. The second-order valence-corrected chi connectivity index (χ2v) is 8.36. The molecule has 7 heteroatoms. The standard InChI is InChI=1S/C25H18Cl2FN3O/c26-18-7-6-16(17(8-18)13-32)12-31-14-30-24(15-4-2-1-3-5-15)25(31)20-11-29-23-10-21(27)22(28)9-19(20)23/h1-11,14,29,32H,12-13H2. The lowest BCUT2D eigenvalue weighted by molar-refractivity contribution is 0.280. The molecule has 0 fully saturated rings. The number of H-pyrrole nitrogens is 1. The van der Waals surface area contributed by atoms with Crippen molar-refractivity contribution in [2.24, 2.45) is 0 Å². The fourth-order valence-corrected chi connectivity index (χ4v) is 4.34. The molecule has 2 heterocycles. The van der Waals surface area contributed by atoms with Crippen LogP contribution in [0.15, 0.2) is 73.2 Å². The maximum absolute atomic E-state index is 14.3. The van der Waals surface area contributed by atoms with Crippen LogP contribution in [0.1, 0.15) is 11.1 Å². The van der Waals surface area contributed by atoms with Crippen LogP contribution in [0.2, 0.25) is 10.0 Å². The second-order valence-electron chi connectivity index (χ2n) is 7.52. The maximum Gasteiger partial charge on any atom is 0.142 e. The van der Waals surface area contributed by atoms with Crippen LogP contribution in [-0.2, 0) is 13.2 Å². The molecule has 32 heavy (non-hydrogen) atoms. The van der Waals surface area contributed by atoms with Gasteiger partial charge in [-0.15, -0.1) is 0 Å². The Labute approximate surface area is 193 Å². The third-order valence-corrected chi connectivity index (χ3v) is 6.07. The van der Waals surface area contributed by atoms with Crippen molar-refractivity contribution in [3.63, 3.8) is 0 Å². The zero-order valence-electron chi connectivity index (χ0n) is 16.8. The fourth-order valence-electron chi connectivity index (χ4n) is 3.98. The van der Waals surface area contributed by atoms with Crippen molar-refractivity contribution in [1.82, 2.24) is 14.5 Å². The van der Waals surface area contributed by atoms with Crippen LogP contribution in [0.4, 0.5) is 4.39 Å². The molecule has 0 amide bonds. The first-order valence-corrected chi connectivity index (χ1v) is 10.8. The molecule has 5 rings (SSSR count). The van der Waals surface area contributed by atoms with Gasteiger partial charge in [-0.2, -0.15) is 0 Å². The number of nitrogens with zero attached hydrogens (tertiary/aromatic N) is 2. The predicted octanol–water partition coefficient (Wildman–Crippen LogP) is 6.68. The summed E-state index contributed by atoms with van der Waals surface area (Å²) in [4.78, 5) is 7.89. The minimum Gasteiger partial charge on any atom is -0.392 e. The summed E-state index contributed by atoms with van der Waals surface area (Å²) in [5.41, 5.74) is 5.78. The number of aromatic amines is 1. The number of halogens is 3. The number of rotatable bonds is 5. The fraction of sp³-hybridized carbons (Fsp3) is 0.0800. The monoisotopic (exact) mass is 465 g/mol. The minimum atomic E-state index is -0.479. The predicted molar refractivity (Wildman–Crippen MR) is 126 cm³/mol. The summed E-state index contributed by atoms with van der Waals surface area (Å²) < 4.78 is 16.3. The van der Waals surface area contributed by atoms with E-state index in [9.17, 15) is 9.50 Å². The Kier molecular flexibility index (Phi) is 5.47. The molecule has 5 aromatic rings. The Balaban J connectivity index is 1.72. The first-order valence-electron chi connectivity index (χ1n) is 10.0. The molecule has 0 saturated heterocycles. The lowest BCUT2D eigenvalue weighted by atomic mass is 10.0. The number of benzene rings is 3. The lowest BCUT2D eigenvalue weighted by Gasteiger charge is -2.13. The Hall–Kier alpha value is -3.12. The number of aliphatic hydroxyl groups excluding tert-OH is 1. The number of imidazole rings is 1. The SMILES string of the molecule is OCc1cc(Cl)ccc1Cn1cnc(-c2ccccc2)c1-c1c[nH]c2cc(Cl)c(F)cc12. The molecule has 0 spiro atoms. The normalized spacial score (nSPS) is 11.4. The first-order chi connectivity index (χ1) is 15.5. The van der Waals surface area contributed by atoms with E-state index in [0.717, 1.165) is 39.2 Å². The molecule has 4 nitrogen and oxygen atoms in total. The van der Waals surface area contributed by atoms with Crippen molar-refractivity contribution in [1.29, 1.82) is 0 Å². The van der Waals surface area contributed by atoms with Gasteiger partial charge in [-0.3, -0.25) is 0 Å². The zero-order chi connectivity index (χ0) is 22.2. The van der Waals surface area contributed by atoms with Crippen LogP contribution in [0.3, 0.4) is 0 Å². The second kappa shape index (κ2) is 8.43. The summed E-state index contributed by atoms with van der Waals surface area (Å²) in [6.07, 6.45) is 3.60. The number of aromatic nitrogens is 3. The molecule has 0 radical (unpaired) electrons. The molecule has 0 saturated carbocycles. The summed E-state index contributed by atoms with van der Waals surface area (Å²) >= 11 is 12.1. The molecule has 2 N–H and O–H groups in total. The highest BCUT2D eigenvalue weighted by atomic mass is 35.5. The molecular weight excluding hydrogens is 448 g/mol. The highest BCUT2D eigenvalue weighted by Crippen LogP contribution is 2.37. The quantitative estimate of drug-likeness (QED) is 0.304. The summed E-state index contributed by atoms with van der Waals surface area (Å²) in [7, 11) is 0. The van der Waals surface area contributed by atoms with E-state index in [-0.39, 0.29) is 11.6 Å². The number of fused-ring (bicyclic) bond motifs is 1. The smallest absolute Gasteiger partial charge is 0.142 e. The van der Waals surface area contributed by atoms with Crippen molar-refractivity contribution < 1.29 is 9.50 Å². The highest BCUT2D eigenvalue weighted by Gasteiger charge is 2.20. The molecule has 2 aromatic heterocycles. The number of hydrogen-bond donors (Lipinski definition) is 2. The zero-order valence-corrected chi connectivity index (χ0v) is 18.3. The van der Waals surface area contributed by atoms with E-state index in [2.05, 4.69) is 4.98 Å². The summed E-state index contributed by atoms with van der Waals surface area (Å²) in [5, 5.41) is 11.2. The van der Waals surface area contributed by atoms with Crippen LogP contribution in [0, 0.1) is 5.82 Å². The van der Waals surface area contributed by atoms with E-state index in [1.54, 1.807) is 24.5 Å². The van der Waals surface area contributed by atoms with Gasteiger partial charge in [-0.25, -0.2) is 9.37 Å². The van der Waals surface area contributed by atoms with Gasteiger partial charge in [0.25, 0.3) is 0 Å². The molecule has 0 aliphatic rings. The Morgan fingerprint density at radius 2 is 1.81 bits per heavy atom. The van der Waals surface area contributed by atoms with Crippen LogP contribution < -0.4 is 0 Å². The van der Waals surface area contributed by atoms with Gasteiger partial charge in [0.1, 0.15) is 5.82 Å². The van der Waals surface area contributed by atoms with E-state index in [1.165, 1.54) is 6.07 Å². The topological polar surface area (TPSA) is 53.8 Å². The highest BCUT2D eigenvalue weighted by molar-refractivity contribution is 6.31. The van der Waals surface area contributed by atoms with Gasteiger partial charge in [-0.05, 0) is 35.4 Å². The number of hydrogen-bond acceptors (Lipinski definition) is 2. The Bertz CT molecular complexity index is 1430. The third-order valence-electron chi connectivity index (χ3n) is 5.54. The largest absolute Gasteiger partial charge is 0.392 e. The van der Waals surface area contributed by atoms with E-state index >= 15 is 0 Å². The van der Waals surface area contributed by atoms with Gasteiger partial charge in [0.2, 0.25) is 0 Å². The van der Waals surface area contributed by atoms with Gasteiger partial charge in [0.05, 0.1) is 29.3 Å². The van der Waals surface area contributed by atoms with Crippen LogP contribution >= 0.6 is 23.2 Å². The van der Waals surface area contributed by atoms with Gasteiger partial charge in [0, 0.05) is 39.8 Å². The molecule has 0 aliphatic heterocycles. The van der Waals surface area contributed by atoms with E-state index in [1.807, 2.05) is 47.2 Å². The van der Waals surface area contributed by atoms with E-state index in [0.29, 0.717) is 17.0 Å². The molecule has 160 valence electrons. The van der Waals surface area contributed by atoms with Gasteiger partial charge < -0.3 is 14.7 Å². The van der Waals surface area contributed by atoms with Gasteiger partial charge >= 0.3 is 0 Å². The van der Waals surface area contributed by atoms with E-state index in [4.69, 9.17) is 28.2 Å². The van der Waals surface area contributed by atoms with Crippen molar-refractivity contribution in [3.8, 4) is 22.5 Å². The van der Waals surface area contributed by atoms with Gasteiger partial charge in [0.15, 0.2) is 0 Å². The molecule has 0 unspecified atom stereocenters. The average molecular weight is 466 g/mol. The maximum atomic E-state index is 14.3. The van der Waals surface area contributed by atoms with Crippen molar-refractivity contribution in [2.75, 3.05) is 0 Å². The van der Waals surface area contributed by atoms with Crippen molar-refractivity contribution >= 4 is 34.1 Å². The molecule has 0 atom stereocenters. The lowest BCUT2D eigenvalue weighted by Crippen LogP contribution is -2.04. The number of nitrogens with one attached hydrogen (secondary N) is 1. The Morgan fingerprint density at radius 1 is 1.00 bits per heavy atom. The molecule has 3 aromatic carbocycles. The average Bonchev–Trinajstić information content (AvgIpc) is 3.39. The minimum absolute atomic E-state index is 0.0662. The summed E-state index contributed by atoms with van der Waals surface area (Å²) in [6, 6.07) is 18.3.